The highest BCUT2D eigenvalue weighted by molar-refractivity contribution is 7.89. The van der Waals surface area contributed by atoms with Crippen LogP contribution in [-0.2, 0) is 19.6 Å². The van der Waals surface area contributed by atoms with Crippen molar-refractivity contribution in [2.24, 2.45) is 10.2 Å². The monoisotopic (exact) mass is 587 g/mol. The molecule has 0 unspecified atom stereocenters. The van der Waals surface area contributed by atoms with Crippen LogP contribution in [0.1, 0.15) is 54.4 Å². The van der Waals surface area contributed by atoms with Gasteiger partial charge < -0.3 is 21.1 Å². The van der Waals surface area contributed by atoms with E-state index in [0.29, 0.717) is 28.7 Å². The third-order valence-electron chi connectivity index (χ3n) is 6.22. The number of rotatable bonds is 7. The predicted molar refractivity (Wildman–Crippen MR) is 155 cm³/mol. The van der Waals surface area contributed by atoms with E-state index in [-0.39, 0.29) is 44.8 Å². The Morgan fingerprint density at radius 3 is 2.12 bits per heavy atom. The van der Waals surface area contributed by atoms with Crippen LogP contribution in [0.25, 0.3) is 10.9 Å². The molecule has 1 saturated heterocycles. The number of benzene rings is 2. The highest BCUT2D eigenvalue weighted by atomic mass is 32.2. The van der Waals surface area contributed by atoms with Crippen molar-refractivity contribution in [3.05, 3.63) is 30.3 Å². The van der Waals surface area contributed by atoms with Gasteiger partial charge in [0.15, 0.2) is 10.8 Å². The largest absolute Gasteiger partial charge is 0.504 e. The summed E-state index contributed by atoms with van der Waals surface area (Å²) in [7, 11) is -3.83. The zero-order valence-electron chi connectivity index (χ0n) is 23.1. The zero-order valence-corrected chi connectivity index (χ0v) is 24.7. The van der Waals surface area contributed by atoms with Gasteiger partial charge in [-0.05, 0) is 82.4 Å². The molecule has 0 saturated carbocycles. The highest BCUT2D eigenvalue weighted by Gasteiger charge is 2.39. The lowest BCUT2D eigenvalue weighted by atomic mass is 9.80. The van der Waals surface area contributed by atoms with Crippen molar-refractivity contribution in [2.45, 2.75) is 76.4 Å². The average Bonchev–Trinajstić information content (AvgIpc) is 3.19. The Hall–Kier alpha value is -3.46. The molecule has 0 radical (unpaired) electrons. The van der Waals surface area contributed by atoms with Gasteiger partial charge in [-0.25, -0.2) is 13.1 Å². The predicted octanol–water partition coefficient (Wildman–Crippen LogP) is 4.92. The van der Waals surface area contributed by atoms with E-state index in [1.165, 1.54) is 38.1 Å². The molecule has 4 rings (SSSR count). The molecule has 2 amide bonds. The summed E-state index contributed by atoms with van der Waals surface area (Å²) in [6.45, 7) is 10.8. The quantitative estimate of drug-likeness (QED) is 0.193. The van der Waals surface area contributed by atoms with Gasteiger partial charge in [0.25, 0.3) is 0 Å². The van der Waals surface area contributed by atoms with E-state index in [2.05, 4.69) is 63.0 Å². The number of carbonyl (C=O) groups excluding carboxylic acids is 2. The van der Waals surface area contributed by atoms with Gasteiger partial charge in [-0.2, -0.15) is 4.37 Å². The smallest absolute Gasteiger partial charge is 0.240 e. The highest BCUT2D eigenvalue weighted by Crippen LogP contribution is 2.39. The standard InChI is InChI=1S/C26H33N7O5S2/c1-14(34)27-21-9-16(10-22(23(21)36)28-15(2)35)29-30-24-19-11-18(7-8-20(19)31-39-24)40(37,38)32-17-12-25(3,4)33-26(5,6)13-17/h7-11,17,32-33,36H,12-13H2,1-6H3,(H,27,34)(H,28,35). The van der Waals surface area contributed by atoms with Crippen LogP contribution in [0.2, 0.25) is 0 Å². The molecule has 0 spiro atoms. The van der Waals surface area contributed by atoms with E-state index in [9.17, 15) is 23.1 Å². The van der Waals surface area contributed by atoms with Gasteiger partial charge in [-0.3, -0.25) is 9.59 Å². The van der Waals surface area contributed by atoms with Crippen LogP contribution in [0.15, 0.2) is 45.5 Å². The van der Waals surface area contributed by atoms with Gasteiger partial charge in [-0.15, -0.1) is 10.2 Å². The molecule has 3 aromatic rings. The molecule has 0 atom stereocenters. The molecule has 0 aliphatic carbocycles. The average molecular weight is 588 g/mol. The lowest BCUT2D eigenvalue weighted by Crippen LogP contribution is -2.62. The van der Waals surface area contributed by atoms with Gasteiger partial charge in [0.1, 0.15) is 0 Å². The van der Waals surface area contributed by atoms with E-state index < -0.39 is 21.8 Å². The van der Waals surface area contributed by atoms with Crippen molar-refractivity contribution in [3.8, 4) is 5.75 Å². The number of phenols is 1. The summed E-state index contributed by atoms with van der Waals surface area (Å²) in [5.74, 6) is -1.17. The van der Waals surface area contributed by atoms with Crippen molar-refractivity contribution in [1.29, 1.82) is 0 Å². The number of anilines is 2. The molecule has 1 aliphatic rings. The number of amides is 2. The maximum absolute atomic E-state index is 13.4. The number of sulfonamides is 1. The first kappa shape index (κ1) is 29.5. The SMILES string of the molecule is CC(=O)Nc1cc(N=Nc2snc3ccc(S(=O)(=O)NC4CC(C)(C)NC(C)(C)C4)cc23)cc(NC(C)=O)c1O. The van der Waals surface area contributed by atoms with Gasteiger partial charge in [0.05, 0.1) is 27.5 Å². The summed E-state index contributed by atoms with van der Waals surface area (Å²) in [5.41, 5.74) is 0.435. The van der Waals surface area contributed by atoms with Crippen molar-refractivity contribution in [1.82, 2.24) is 14.4 Å². The summed E-state index contributed by atoms with van der Waals surface area (Å²) in [6.07, 6.45) is 1.29. The summed E-state index contributed by atoms with van der Waals surface area (Å²) < 4.78 is 34.0. The van der Waals surface area contributed by atoms with Gasteiger partial charge in [0.2, 0.25) is 21.8 Å². The molecule has 1 aliphatic heterocycles. The van der Waals surface area contributed by atoms with Crippen LogP contribution in [0.3, 0.4) is 0 Å². The number of aromatic hydroxyl groups is 1. The van der Waals surface area contributed by atoms with Crippen molar-refractivity contribution < 1.29 is 23.1 Å². The third kappa shape index (κ3) is 6.99. The topological polar surface area (TPSA) is 174 Å². The molecule has 1 aromatic heterocycles. The number of hydrogen-bond acceptors (Lipinski definition) is 10. The van der Waals surface area contributed by atoms with E-state index in [4.69, 9.17) is 0 Å². The Balaban J connectivity index is 1.64. The van der Waals surface area contributed by atoms with Crippen molar-refractivity contribution in [3.63, 3.8) is 0 Å². The number of hydrogen-bond donors (Lipinski definition) is 5. The summed E-state index contributed by atoms with van der Waals surface area (Å²) in [4.78, 5) is 23.2. The van der Waals surface area contributed by atoms with Crippen LogP contribution in [0.4, 0.5) is 22.1 Å². The lowest BCUT2D eigenvalue weighted by molar-refractivity contribution is -0.115. The molecular weight excluding hydrogens is 554 g/mol. The van der Waals surface area contributed by atoms with E-state index in [0.717, 1.165) is 11.5 Å². The fraction of sp³-hybridized carbons (Fsp3) is 0.423. The van der Waals surface area contributed by atoms with Crippen molar-refractivity contribution in [2.75, 3.05) is 10.6 Å². The first-order valence-corrected chi connectivity index (χ1v) is 14.8. The van der Waals surface area contributed by atoms with Gasteiger partial charge >= 0.3 is 0 Å². The number of nitrogens with zero attached hydrogens (tertiary/aromatic N) is 3. The lowest BCUT2D eigenvalue weighted by Gasteiger charge is -2.46. The number of azo groups is 1. The summed E-state index contributed by atoms with van der Waals surface area (Å²) >= 11 is 1.05. The number of fused-ring (bicyclic) bond motifs is 1. The summed E-state index contributed by atoms with van der Waals surface area (Å²) in [5, 5.41) is 28.3. The molecule has 0 bridgehead atoms. The minimum atomic E-state index is -3.83. The number of carbonyl (C=O) groups is 2. The Kier molecular flexibility index (Phi) is 8.00. The Morgan fingerprint density at radius 1 is 1.00 bits per heavy atom. The third-order valence-corrected chi connectivity index (χ3v) is 8.50. The van der Waals surface area contributed by atoms with Crippen LogP contribution < -0.4 is 20.7 Å². The minimum Gasteiger partial charge on any atom is -0.504 e. The number of aromatic nitrogens is 1. The summed E-state index contributed by atoms with van der Waals surface area (Å²) in [6, 6.07) is 7.22. The Bertz CT molecular complexity index is 1560. The van der Waals surface area contributed by atoms with E-state index in [1.807, 2.05) is 0 Å². The maximum Gasteiger partial charge on any atom is 0.240 e. The zero-order chi connectivity index (χ0) is 29.5. The molecule has 214 valence electrons. The molecule has 2 heterocycles. The van der Waals surface area contributed by atoms with E-state index >= 15 is 0 Å². The fourth-order valence-electron chi connectivity index (χ4n) is 5.19. The molecule has 1 fully saturated rings. The van der Waals surface area contributed by atoms with Gasteiger partial charge in [0, 0.05) is 36.4 Å². The second-order valence-corrected chi connectivity index (χ2v) is 13.7. The van der Waals surface area contributed by atoms with Crippen LogP contribution in [-0.4, -0.2) is 46.8 Å². The van der Waals surface area contributed by atoms with Crippen LogP contribution >= 0.6 is 11.5 Å². The van der Waals surface area contributed by atoms with Crippen molar-refractivity contribution >= 4 is 66.3 Å². The number of piperidine rings is 1. The molecule has 14 heteroatoms. The maximum atomic E-state index is 13.4. The molecular formula is C26H33N7O5S2. The Morgan fingerprint density at radius 2 is 1.57 bits per heavy atom. The first-order chi connectivity index (χ1) is 18.5. The van der Waals surface area contributed by atoms with Crippen LogP contribution in [0, 0.1) is 0 Å². The second kappa shape index (κ2) is 10.8. The minimum absolute atomic E-state index is 0.0468. The first-order valence-electron chi connectivity index (χ1n) is 12.6. The number of phenolic OH excluding ortho intramolecular Hbond substituents is 1. The molecule has 12 nitrogen and oxygen atoms in total. The van der Waals surface area contributed by atoms with Crippen LogP contribution in [0.5, 0.6) is 5.75 Å². The normalized spacial score (nSPS) is 17.2. The second-order valence-electron chi connectivity index (χ2n) is 11.2. The Labute approximate surface area is 236 Å². The number of nitrogens with one attached hydrogen (secondary N) is 4. The molecule has 5 N–H and O–H groups in total. The molecule has 2 aromatic carbocycles. The fourth-order valence-corrected chi connectivity index (χ4v) is 7.13. The van der Waals surface area contributed by atoms with E-state index in [1.54, 1.807) is 6.07 Å². The molecule has 40 heavy (non-hydrogen) atoms. The van der Waals surface area contributed by atoms with Gasteiger partial charge in [-0.1, -0.05) is 0 Å².